The summed E-state index contributed by atoms with van der Waals surface area (Å²) in [4.78, 5) is 32.7. The number of rotatable bonds is 8. The van der Waals surface area contributed by atoms with Gasteiger partial charge in [0.2, 0.25) is 10.0 Å². The van der Waals surface area contributed by atoms with E-state index in [1.807, 2.05) is 32.9 Å². The monoisotopic (exact) mass is 716 g/mol. The van der Waals surface area contributed by atoms with Gasteiger partial charge < -0.3 is 35.5 Å². The first-order valence-electron chi connectivity index (χ1n) is 17.0. The normalized spacial score (nSPS) is 22.0. The summed E-state index contributed by atoms with van der Waals surface area (Å²) < 4.78 is 61.4. The topological polar surface area (TPSA) is 139 Å². The highest BCUT2D eigenvalue weighted by atomic mass is 32.2. The van der Waals surface area contributed by atoms with E-state index in [0.29, 0.717) is 42.4 Å². The van der Waals surface area contributed by atoms with Crippen LogP contribution in [0, 0.1) is 11.6 Å². The predicted octanol–water partition coefficient (Wildman–Crippen LogP) is 3.04. The van der Waals surface area contributed by atoms with Crippen LogP contribution in [0.15, 0.2) is 52.6 Å². The predicted molar refractivity (Wildman–Crippen MR) is 185 cm³/mol. The molecule has 2 saturated heterocycles. The Hall–Kier alpha value is -3.99. The van der Waals surface area contributed by atoms with Crippen LogP contribution >= 0.6 is 0 Å². The van der Waals surface area contributed by atoms with E-state index in [1.54, 1.807) is 11.0 Å². The number of carbonyl (C=O) groups excluding carboxylic acids is 2. The van der Waals surface area contributed by atoms with E-state index in [9.17, 15) is 26.8 Å². The van der Waals surface area contributed by atoms with Crippen molar-refractivity contribution < 1.29 is 31.5 Å². The summed E-state index contributed by atoms with van der Waals surface area (Å²) in [6.45, 7) is 10.0. The number of ether oxygens (including phenoxy) is 1. The zero-order valence-electron chi connectivity index (χ0n) is 28.9. The SMILES string of the molecule is CN1CCN(c2ccc(C(=O)N[C@H]3NNC4=C3CN(S(=O)(=O)c3cc(F)cc(F)c3)CC4)c(NCC3CCCN3C(=O)OC(C)(C)C)c2)CC1. The molecule has 272 valence electrons. The van der Waals surface area contributed by atoms with Crippen LogP contribution in [0.1, 0.15) is 50.4 Å². The highest BCUT2D eigenvalue weighted by molar-refractivity contribution is 7.89. The molecule has 6 rings (SSSR count). The van der Waals surface area contributed by atoms with Gasteiger partial charge >= 0.3 is 6.09 Å². The molecule has 0 aliphatic carbocycles. The quantitative estimate of drug-likeness (QED) is 0.323. The first-order chi connectivity index (χ1) is 23.7. The summed E-state index contributed by atoms with van der Waals surface area (Å²) in [5, 5.41) is 6.46. The minimum absolute atomic E-state index is 0.0869. The van der Waals surface area contributed by atoms with Crippen LogP contribution in [-0.2, 0) is 14.8 Å². The Balaban J connectivity index is 1.20. The van der Waals surface area contributed by atoms with Crippen molar-refractivity contribution in [3.8, 4) is 0 Å². The van der Waals surface area contributed by atoms with Gasteiger partial charge in [-0.05, 0) is 71.0 Å². The molecule has 0 bridgehead atoms. The maximum atomic E-state index is 14.0. The molecule has 4 N–H and O–H groups in total. The molecule has 0 spiro atoms. The van der Waals surface area contributed by atoms with E-state index in [1.165, 1.54) is 0 Å². The summed E-state index contributed by atoms with van der Waals surface area (Å²) in [5.74, 6) is -2.36. The van der Waals surface area contributed by atoms with Gasteiger partial charge in [-0.25, -0.2) is 27.4 Å². The van der Waals surface area contributed by atoms with Crippen LogP contribution in [-0.4, -0.2) is 112 Å². The number of likely N-dealkylation sites (tertiary alicyclic amines) is 1. The number of sulfonamides is 1. The lowest BCUT2D eigenvalue weighted by atomic mass is 10.1. The largest absolute Gasteiger partial charge is 0.444 e. The Morgan fingerprint density at radius 1 is 1.00 bits per heavy atom. The summed E-state index contributed by atoms with van der Waals surface area (Å²) in [6, 6.07) is 7.76. The average Bonchev–Trinajstić information content (AvgIpc) is 3.70. The van der Waals surface area contributed by atoms with Crippen molar-refractivity contribution >= 4 is 33.4 Å². The van der Waals surface area contributed by atoms with Gasteiger partial charge in [-0.2, -0.15) is 4.31 Å². The summed E-state index contributed by atoms with van der Waals surface area (Å²) in [7, 11) is -2.13. The molecule has 4 aliphatic rings. The first kappa shape index (κ1) is 35.8. The van der Waals surface area contributed by atoms with E-state index >= 15 is 0 Å². The molecule has 13 nitrogen and oxygen atoms in total. The minimum atomic E-state index is -4.22. The molecule has 0 saturated carbocycles. The number of carbonyl (C=O) groups is 2. The number of piperazine rings is 1. The van der Waals surface area contributed by atoms with Gasteiger partial charge in [0.05, 0.1) is 16.5 Å². The standard InChI is InChI=1S/C34H46F2N8O5S/c1-34(2,3)49-33(46)44-10-5-6-25(44)20-37-30-19-24(42-14-12-41(4)13-15-42)7-8-27(30)32(45)38-31-28-21-43(11-9-29(28)39-40-31)50(47,48)26-17-22(35)16-23(36)18-26/h7-8,16-19,25,31,37,39-40H,5-6,9-15,20-21H2,1-4H3,(H,38,45)/t25?,31-/m0/s1. The molecule has 2 amide bonds. The Labute approximate surface area is 292 Å². The molecule has 2 fully saturated rings. The van der Waals surface area contributed by atoms with Crippen LogP contribution < -0.4 is 26.4 Å². The van der Waals surface area contributed by atoms with Crippen molar-refractivity contribution in [1.82, 2.24) is 30.3 Å². The number of benzene rings is 2. The highest BCUT2D eigenvalue weighted by Crippen LogP contribution is 2.30. The number of amides is 2. The van der Waals surface area contributed by atoms with E-state index in [0.717, 1.165) is 66.8 Å². The maximum Gasteiger partial charge on any atom is 0.410 e. The Bertz CT molecular complexity index is 1740. The molecule has 4 aliphatic heterocycles. The lowest BCUT2D eigenvalue weighted by molar-refractivity contribution is 0.0235. The van der Waals surface area contributed by atoms with E-state index in [4.69, 9.17) is 4.74 Å². The third-order valence-electron chi connectivity index (χ3n) is 9.46. The highest BCUT2D eigenvalue weighted by Gasteiger charge is 2.37. The molecule has 4 heterocycles. The van der Waals surface area contributed by atoms with Crippen molar-refractivity contribution in [2.45, 2.75) is 62.7 Å². The second kappa shape index (κ2) is 14.3. The maximum absolute atomic E-state index is 14.0. The zero-order valence-corrected chi connectivity index (χ0v) is 29.7. The molecule has 2 aromatic rings. The second-order valence-corrected chi connectivity index (χ2v) is 16.2. The van der Waals surface area contributed by atoms with Gasteiger partial charge in [0.25, 0.3) is 5.91 Å². The average molecular weight is 717 g/mol. The third-order valence-corrected chi connectivity index (χ3v) is 11.3. The summed E-state index contributed by atoms with van der Waals surface area (Å²) >= 11 is 0. The fraction of sp³-hybridized carbons (Fsp3) is 0.529. The molecule has 2 aromatic carbocycles. The van der Waals surface area contributed by atoms with E-state index < -0.39 is 44.2 Å². The number of halogens is 2. The smallest absolute Gasteiger partial charge is 0.410 e. The van der Waals surface area contributed by atoms with Crippen LogP contribution in [0.3, 0.4) is 0 Å². The van der Waals surface area contributed by atoms with Crippen LogP contribution in [0.2, 0.25) is 0 Å². The van der Waals surface area contributed by atoms with Crippen molar-refractivity contribution in [2.75, 3.05) is 69.6 Å². The van der Waals surface area contributed by atoms with Crippen LogP contribution in [0.4, 0.5) is 25.0 Å². The third kappa shape index (κ3) is 7.98. The van der Waals surface area contributed by atoms with Crippen LogP contribution in [0.5, 0.6) is 0 Å². The second-order valence-electron chi connectivity index (χ2n) is 14.2. The number of hydrazine groups is 1. The minimum Gasteiger partial charge on any atom is -0.444 e. The number of likely N-dealkylation sites (N-methyl/N-ethyl adjacent to an activating group) is 1. The summed E-state index contributed by atoms with van der Waals surface area (Å²) in [6.07, 6.45) is 0.845. The van der Waals surface area contributed by atoms with Crippen LogP contribution in [0.25, 0.3) is 0 Å². The van der Waals surface area contributed by atoms with Gasteiger partial charge in [0, 0.05) is 87.5 Å². The van der Waals surface area contributed by atoms with Gasteiger partial charge in [-0.3, -0.25) is 4.79 Å². The number of nitrogens with zero attached hydrogens (tertiary/aromatic N) is 4. The number of hydrogen-bond donors (Lipinski definition) is 4. The Morgan fingerprint density at radius 2 is 1.72 bits per heavy atom. The Kier molecular flexibility index (Phi) is 10.3. The van der Waals surface area contributed by atoms with Gasteiger partial charge in [-0.1, -0.05) is 0 Å². The lowest BCUT2D eigenvalue weighted by Crippen LogP contribution is -2.48. The fourth-order valence-corrected chi connectivity index (χ4v) is 8.22. The first-order valence-corrected chi connectivity index (χ1v) is 18.4. The molecule has 0 radical (unpaired) electrons. The van der Waals surface area contributed by atoms with Crippen molar-refractivity contribution in [3.05, 3.63) is 64.9 Å². The van der Waals surface area contributed by atoms with Crippen molar-refractivity contribution in [2.24, 2.45) is 0 Å². The van der Waals surface area contributed by atoms with Crippen molar-refractivity contribution in [1.29, 1.82) is 0 Å². The number of hydrogen-bond acceptors (Lipinski definition) is 10. The van der Waals surface area contributed by atoms with Gasteiger partial charge in [0.1, 0.15) is 23.4 Å². The van der Waals surface area contributed by atoms with Gasteiger partial charge in [-0.15, -0.1) is 0 Å². The zero-order chi connectivity index (χ0) is 35.8. The lowest BCUT2D eigenvalue weighted by Gasteiger charge is -2.34. The molecule has 0 aromatic heterocycles. The molecule has 16 heteroatoms. The molecule has 2 atom stereocenters. The molecular weight excluding hydrogens is 670 g/mol. The fourth-order valence-electron chi connectivity index (χ4n) is 6.75. The number of nitrogens with one attached hydrogen (secondary N) is 4. The number of anilines is 2. The molecule has 50 heavy (non-hydrogen) atoms. The summed E-state index contributed by atoms with van der Waals surface area (Å²) in [5.41, 5.74) is 8.80. The van der Waals surface area contributed by atoms with E-state index in [-0.39, 0.29) is 25.2 Å². The van der Waals surface area contributed by atoms with E-state index in [2.05, 4.69) is 38.3 Å². The van der Waals surface area contributed by atoms with Gasteiger partial charge in [0.15, 0.2) is 0 Å². The van der Waals surface area contributed by atoms with Crippen molar-refractivity contribution in [3.63, 3.8) is 0 Å². The molecule has 1 unspecified atom stereocenters. The molecular formula is C34H46F2N8O5S. The Morgan fingerprint density at radius 3 is 2.42 bits per heavy atom.